The lowest BCUT2D eigenvalue weighted by Crippen LogP contribution is -2.43. The van der Waals surface area contributed by atoms with Crippen molar-refractivity contribution in [2.45, 2.75) is 64.2 Å². The van der Waals surface area contributed by atoms with Crippen molar-refractivity contribution in [3.05, 3.63) is 71.3 Å². The van der Waals surface area contributed by atoms with E-state index in [4.69, 9.17) is 5.73 Å². The molecule has 4 rings (SSSR count). The van der Waals surface area contributed by atoms with Gasteiger partial charge in [0.1, 0.15) is 5.54 Å². The monoisotopic (exact) mass is 447 g/mol. The number of carbonyl (C=O) groups excluding carboxylic acids is 2. The van der Waals surface area contributed by atoms with E-state index in [0.717, 1.165) is 17.5 Å². The summed E-state index contributed by atoms with van der Waals surface area (Å²) in [7, 11) is 0. The molecule has 3 amide bonds. The Bertz CT molecular complexity index is 1030. The first kappa shape index (κ1) is 22.8. The van der Waals surface area contributed by atoms with Crippen LogP contribution in [0.2, 0.25) is 0 Å². The van der Waals surface area contributed by atoms with E-state index in [0.29, 0.717) is 31.3 Å². The highest BCUT2D eigenvalue weighted by atomic mass is 16.2. The molecule has 33 heavy (non-hydrogen) atoms. The third-order valence-corrected chi connectivity index (χ3v) is 6.30. The summed E-state index contributed by atoms with van der Waals surface area (Å²) in [6.45, 7) is 6.83. The molecular formula is C26H33N5O2. The molecule has 1 aliphatic heterocycles. The molecule has 2 unspecified atom stereocenters. The van der Waals surface area contributed by atoms with Crippen molar-refractivity contribution in [2.24, 2.45) is 16.6 Å². The van der Waals surface area contributed by atoms with Crippen LogP contribution in [-0.2, 0) is 17.9 Å². The smallest absolute Gasteiger partial charge is 0.315 e. The Balaban J connectivity index is 1.25. The number of nitrogens with zero attached hydrogens (tertiary/aromatic N) is 2. The first-order valence-electron chi connectivity index (χ1n) is 11.6. The second kappa shape index (κ2) is 9.25. The fourth-order valence-electron chi connectivity index (χ4n) is 4.61. The van der Waals surface area contributed by atoms with Crippen LogP contribution < -0.4 is 16.4 Å². The molecule has 2 aliphatic rings. The maximum Gasteiger partial charge on any atom is 0.315 e. The van der Waals surface area contributed by atoms with E-state index in [1.165, 1.54) is 5.56 Å². The molecule has 7 nitrogen and oxygen atoms in total. The molecule has 1 fully saturated rings. The molecular weight excluding hydrogens is 414 g/mol. The van der Waals surface area contributed by atoms with Gasteiger partial charge in [0.25, 0.3) is 5.91 Å². The number of aliphatic imine (C=N–C) groups is 1. The van der Waals surface area contributed by atoms with Crippen LogP contribution in [0.15, 0.2) is 59.6 Å². The summed E-state index contributed by atoms with van der Waals surface area (Å²) in [6.07, 6.45) is 1.65. The van der Waals surface area contributed by atoms with Gasteiger partial charge in [-0.05, 0) is 42.4 Å². The fraction of sp³-hybridized carbons (Fsp3) is 0.423. The summed E-state index contributed by atoms with van der Waals surface area (Å²) in [6, 6.07) is 18.1. The highest BCUT2D eigenvalue weighted by Gasteiger charge is 2.44. The van der Waals surface area contributed by atoms with Crippen LogP contribution >= 0.6 is 0 Å². The number of hydrogen-bond acceptors (Lipinski definition) is 4. The van der Waals surface area contributed by atoms with Crippen LogP contribution in [0.3, 0.4) is 0 Å². The van der Waals surface area contributed by atoms with E-state index in [1.54, 1.807) is 4.90 Å². The highest BCUT2D eigenvalue weighted by Crippen LogP contribution is 2.40. The van der Waals surface area contributed by atoms with Crippen molar-refractivity contribution in [1.29, 1.82) is 0 Å². The average Bonchev–Trinajstić information content (AvgIpc) is 3.51. The molecule has 0 saturated heterocycles. The maximum absolute atomic E-state index is 12.9. The molecule has 2 aromatic carbocycles. The number of urea groups is 1. The lowest BCUT2D eigenvalue weighted by molar-refractivity contribution is -0.131. The summed E-state index contributed by atoms with van der Waals surface area (Å²) in [5, 5.41) is 5.97. The van der Waals surface area contributed by atoms with E-state index in [1.807, 2.05) is 49.4 Å². The molecule has 1 heterocycles. The molecule has 174 valence electrons. The van der Waals surface area contributed by atoms with Crippen molar-refractivity contribution in [1.82, 2.24) is 15.5 Å². The van der Waals surface area contributed by atoms with Gasteiger partial charge in [0.05, 0.1) is 6.54 Å². The molecule has 4 N–H and O–H groups in total. The first-order chi connectivity index (χ1) is 15.7. The molecule has 0 spiro atoms. The molecule has 0 bridgehead atoms. The molecule has 1 aliphatic carbocycles. The van der Waals surface area contributed by atoms with Gasteiger partial charge in [0.15, 0.2) is 5.96 Å². The van der Waals surface area contributed by atoms with Crippen LogP contribution in [-0.4, -0.2) is 34.4 Å². The molecule has 2 aromatic rings. The summed E-state index contributed by atoms with van der Waals surface area (Å²) in [5.74, 6) is 0.982. The summed E-state index contributed by atoms with van der Waals surface area (Å²) >= 11 is 0. The van der Waals surface area contributed by atoms with Crippen molar-refractivity contribution in [3.8, 4) is 0 Å². The van der Waals surface area contributed by atoms with Gasteiger partial charge in [-0.1, -0.05) is 68.4 Å². The average molecular weight is 448 g/mol. The number of hydrogen-bond donors (Lipinski definition) is 3. The van der Waals surface area contributed by atoms with E-state index in [2.05, 4.69) is 41.6 Å². The number of amides is 3. The predicted octanol–water partition coefficient (Wildman–Crippen LogP) is 3.50. The van der Waals surface area contributed by atoms with Crippen molar-refractivity contribution < 1.29 is 9.59 Å². The molecule has 7 heteroatoms. The van der Waals surface area contributed by atoms with Crippen LogP contribution in [0.25, 0.3) is 0 Å². The van der Waals surface area contributed by atoms with Gasteiger partial charge in [0, 0.05) is 18.5 Å². The number of nitrogens with two attached hydrogens (primary N) is 1. The zero-order valence-corrected chi connectivity index (χ0v) is 19.5. The van der Waals surface area contributed by atoms with Gasteiger partial charge >= 0.3 is 6.03 Å². The topological polar surface area (TPSA) is 99.8 Å². The van der Waals surface area contributed by atoms with Gasteiger partial charge < -0.3 is 16.4 Å². The Kier molecular flexibility index (Phi) is 6.40. The summed E-state index contributed by atoms with van der Waals surface area (Å²) in [5.41, 5.74) is 8.51. The Labute approximate surface area is 195 Å². The lowest BCUT2D eigenvalue weighted by Gasteiger charge is -2.23. The minimum Gasteiger partial charge on any atom is -0.369 e. The molecule has 0 radical (unpaired) electrons. The van der Waals surface area contributed by atoms with Gasteiger partial charge in [-0.3, -0.25) is 9.69 Å². The van der Waals surface area contributed by atoms with E-state index >= 15 is 0 Å². The number of benzene rings is 2. The van der Waals surface area contributed by atoms with Crippen LogP contribution in [0, 0.1) is 5.92 Å². The molecule has 0 aromatic heterocycles. The van der Waals surface area contributed by atoms with E-state index in [-0.39, 0.29) is 23.9 Å². The van der Waals surface area contributed by atoms with Gasteiger partial charge in [-0.2, -0.15) is 0 Å². The molecule has 1 saturated carbocycles. The normalized spacial score (nSPS) is 24.1. The van der Waals surface area contributed by atoms with Crippen LogP contribution in [0.1, 0.15) is 56.2 Å². The van der Waals surface area contributed by atoms with E-state index < -0.39 is 5.54 Å². The number of nitrogens with one attached hydrogen (secondary N) is 2. The van der Waals surface area contributed by atoms with E-state index in [9.17, 15) is 9.59 Å². The van der Waals surface area contributed by atoms with Crippen molar-refractivity contribution >= 4 is 17.9 Å². The Morgan fingerprint density at radius 3 is 2.48 bits per heavy atom. The maximum atomic E-state index is 12.9. The predicted molar refractivity (Wildman–Crippen MR) is 129 cm³/mol. The lowest BCUT2D eigenvalue weighted by atomic mass is 9.91. The van der Waals surface area contributed by atoms with Crippen LogP contribution in [0.4, 0.5) is 4.79 Å². The minimum absolute atomic E-state index is 0.0509. The fourth-order valence-corrected chi connectivity index (χ4v) is 4.61. The van der Waals surface area contributed by atoms with Gasteiger partial charge in [-0.15, -0.1) is 0 Å². The number of guanidine groups is 1. The zero-order valence-electron chi connectivity index (χ0n) is 19.5. The summed E-state index contributed by atoms with van der Waals surface area (Å²) in [4.78, 5) is 31.2. The Morgan fingerprint density at radius 2 is 1.82 bits per heavy atom. The first-order valence-corrected chi connectivity index (χ1v) is 11.6. The van der Waals surface area contributed by atoms with Gasteiger partial charge in [0.2, 0.25) is 0 Å². The van der Waals surface area contributed by atoms with Crippen LogP contribution in [0.5, 0.6) is 0 Å². The Morgan fingerprint density at radius 1 is 1.15 bits per heavy atom. The van der Waals surface area contributed by atoms with Crippen molar-refractivity contribution in [3.63, 3.8) is 0 Å². The van der Waals surface area contributed by atoms with Crippen molar-refractivity contribution in [2.75, 3.05) is 0 Å². The number of carbonyl (C=O) groups is 2. The third-order valence-electron chi connectivity index (χ3n) is 6.30. The largest absolute Gasteiger partial charge is 0.369 e. The van der Waals surface area contributed by atoms with Gasteiger partial charge in [-0.25, -0.2) is 9.79 Å². The minimum atomic E-state index is -0.781. The standard InChI is InChI=1S/C26H33N5O2/c1-17(2)14-26(3)23(32)31(24(27)30-26)16-19-11-9-18(10-12-19)15-28-25(33)29-22-13-21(22)20-7-5-4-6-8-20/h4-12,17,21-22H,13-16H2,1-3H3,(H2,27,30)(H2,28,29,33)/t21-,22?,26?/m0/s1. The second-order valence-electron chi connectivity index (χ2n) is 9.74. The SMILES string of the molecule is CC(C)CC1(C)N=C(N)N(Cc2ccc(CNC(=O)NC3C[C@H]3c3ccccc3)cc2)C1=O. The Hall–Kier alpha value is -3.35. The second-order valence-corrected chi connectivity index (χ2v) is 9.74. The zero-order chi connectivity index (χ0) is 23.6. The highest BCUT2D eigenvalue weighted by molar-refractivity contribution is 6.06. The quantitative estimate of drug-likeness (QED) is 0.577. The number of rotatable bonds is 8. The molecule has 3 atom stereocenters. The summed E-state index contributed by atoms with van der Waals surface area (Å²) < 4.78 is 0. The third kappa shape index (κ3) is 5.35.